The van der Waals surface area contributed by atoms with Gasteiger partial charge >= 0.3 is 5.97 Å². The van der Waals surface area contributed by atoms with Crippen LogP contribution >= 0.6 is 23.2 Å². The van der Waals surface area contributed by atoms with Gasteiger partial charge in [0.2, 0.25) is 0 Å². The lowest BCUT2D eigenvalue weighted by atomic mass is 10.3. The second-order valence-electron chi connectivity index (χ2n) is 3.87. The van der Waals surface area contributed by atoms with Crippen molar-refractivity contribution in [1.82, 2.24) is 9.78 Å². The van der Waals surface area contributed by atoms with E-state index in [1.807, 2.05) is 6.92 Å². The maximum Gasteiger partial charge on any atom is 0.358 e. The molecule has 0 bridgehead atoms. The number of para-hydroxylation sites is 1. The minimum atomic E-state index is -0.465. The van der Waals surface area contributed by atoms with Crippen LogP contribution in [0.3, 0.4) is 0 Å². The minimum absolute atomic E-state index is 0.232. The van der Waals surface area contributed by atoms with Gasteiger partial charge in [-0.25, -0.2) is 9.48 Å². The summed E-state index contributed by atoms with van der Waals surface area (Å²) in [7, 11) is 0. The summed E-state index contributed by atoms with van der Waals surface area (Å²) in [5.74, 6) is -0.465. The number of benzene rings is 1. The highest BCUT2D eigenvalue weighted by molar-refractivity contribution is 6.37. The molecule has 1 aromatic carbocycles. The molecule has 4 nitrogen and oxygen atoms in total. The average Bonchev–Trinajstić information content (AvgIpc) is 2.72. The fraction of sp³-hybridized carbons (Fsp3) is 0.231. The number of ether oxygens (including phenoxy) is 1. The first-order chi connectivity index (χ1) is 9.04. The average molecular weight is 299 g/mol. The molecule has 0 aliphatic heterocycles. The number of carbonyl (C=O) groups is 1. The lowest BCUT2D eigenvalue weighted by molar-refractivity contribution is 0.0519. The van der Waals surface area contributed by atoms with Crippen LogP contribution in [-0.2, 0) is 4.74 Å². The molecule has 2 rings (SSSR count). The molecule has 0 aliphatic carbocycles. The minimum Gasteiger partial charge on any atom is -0.461 e. The van der Waals surface area contributed by atoms with Gasteiger partial charge in [0.1, 0.15) is 5.69 Å². The SMILES string of the molecule is CCOC(=O)c1cc(C)n(-c2c(Cl)cccc2Cl)n1. The van der Waals surface area contributed by atoms with Crippen LogP contribution in [0.15, 0.2) is 24.3 Å². The lowest BCUT2D eigenvalue weighted by Gasteiger charge is -2.08. The molecule has 0 radical (unpaired) electrons. The van der Waals surface area contributed by atoms with Crippen molar-refractivity contribution < 1.29 is 9.53 Å². The van der Waals surface area contributed by atoms with Crippen LogP contribution in [0.1, 0.15) is 23.1 Å². The van der Waals surface area contributed by atoms with Crippen molar-refractivity contribution in [1.29, 1.82) is 0 Å². The zero-order valence-electron chi connectivity index (χ0n) is 10.5. The van der Waals surface area contributed by atoms with Gasteiger partial charge in [-0.2, -0.15) is 5.10 Å². The molecule has 0 saturated carbocycles. The summed E-state index contributed by atoms with van der Waals surface area (Å²) in [5.41, 5.74) is 1.53. The molecule has 6 heteroatoms. The van der Waals surface area contributed by atoms with Crippen LogP contribution in [0.25, 0.3) is 5.69 Å². The monoisotopic (exact) mass is 298 g/mol. The van der Waals surface area contributed by atoms with Gasteiger partial charge in [0.25, 0.3) is 0 Å². The van der Waals surface area contributed by atoms with Crippen molar-refractivity contribution in [2.45, 2.75) is 13.8 Å². The molecule has 0 N–H and O–H groups in total. The van der Waals surface area contributed by atoms with Crippen molar-refractivity contribution in [3.8, 4) is 5.69 Å². The first-order valence-electron chi connectivity index (χ1n) is 5.72. The van der Waals surface area contributed by atoms with Gasteiger partial charge in [-0.1, -0.05) is 29.3 Å². The van der Waals surface area contributed by atoms with Crippen molar-refractivity contribution in [2.24, 2.45) is 0 Å². The second kappa shape index (κ2) is 5.63. The molecule has 0 aliphatic rings. The van der Waals surface area contributed by atoms with Crippen molar-refractivity contribution >= 4 is 29.2 Å². The fourth-order valence-corrected chi connectivity index (χ4v) is 2.25. The van der Waals surface area contributed by atoms with E-state index in [-0.39, 0.29) is 5.69 Å². The Kier molecular flexibility index (Phi) is 4.12. The quantitative estimate of drug-likeness (QED) is 0.812. The smallest absolute Gasteiger partial charge is 0.358 e. The van der Waals surface area contributed by atoms with Crippen LogP contribution in [0.4, 0.5) is 0 Å². The Hall–Kier alpha value is -1.52. The third-order valence-electron chi connectivity index (χ3n) is 2.52. The van der Waals surface area contributed by atoms with E-state index in [0.29, 0.717) is 22.3 Å². The standard InChI is InChI=1S/C13H12Cl2N2O2/c1-3-19-13(18)11-7-8(2)17(16-11)12-9(14)5-4-6-10(12)15/h4-7H,3H2,1-2H3. The summed E-state index contributed by atoms with van der Waals surface area (Å²) < 4.78 is 6.45. The summed E-state index contributed by atoms with van der Waals surface area (Å²) in [4.78, 5) is 11.6. The Bertz CT molecular complexity index is 603. The third kappa shape index (κ3) is 2.74. The first kappa shape index (κ1) is 13.9. The second-order valence-corrected chi connectivity index (χ2v) is 4.69. The molecule has 0 spiro atoms. The highest BCUT2D eigenvalue weighted by Gasteiger charge is 2.17. The van der Waals surface area contributed by atoms with Crippen molar-refractivity contribution in [3.05, 3.63) is 45.7 Å². The van der Waals surface area contributed by atoms with Crippen molar-refractivity contribution in [2.75, 3.05) is 6.61 Å². The first-order valence-corrected chi connectivity index (χ1v) is 6.48. The highest BCUT2D eigenvalue weighted by Crippen LogP contribution is 2.29. The van der Waals surface area contributed by atoms with Gasteiger partial charge < -0.3 is 4.74 Å². The third-order valence-corrected chi connectivity index (χ3v) is 3.13. The van der Waals surface area contributed by atoms with Gasteiger partial charge in [-0.05, 0) is 32.0 Å². The number of aryl methyl sites for hydroxylation is 1. The number of hydrogen-bond donors (Lipinski definition) is 0. The number of halogens is 2. The Balaban J connectivity index is 2.49. The van der Waals surface area contributed by atoms with Gasteiger partial charge in [-0.15, -0.1) is 0 Å². The molecule has 1 aromatic heterocycles. The summed E-state index contributed by atoms with van der Waals surface area (Å²) in [6.07, 6.45) is 0. The number of hydrogen-bond acceptors (Lipinski definition) is 3. The molecule has 2 aromatic rings. The number of esters is 1. The summed E-state index contributed by atoms with van der Waals surface area (Å²) in [5, 5.41) is 5.13. The van der Waals surface area contributed by atoms with E-state index < -0.39 is 5.97 Å². The molecular formula is C13H12Cl2N2O2. The molecule has 0 unspecified atom stereocenters. The lowest BCUT2D eigenvalue weighted by Crippen LogP contribution is -2.07. The fourth-order valence-electron chi connectivity index (χ4n) is 1.70. The van der Waals surface area contributed by atoms with E-state index >= 15 is 0 Å². The zero-order valence-corrected chi connectivity index (χ0v) is 12.0. The van der Waals surface area contributed by atoms with Gasteiger partial charge in [0, 0.05) is 5.69 Å². The Morgan fingerprint density at radius 3 is 2.58 bits per heavy atom. The predicted octanol–water partition coefficient (Wildman–Crippen LogP) is 3.66. The van der Waals surface area contributed by atoms with E-state index in [2.05, 4.69) is 5.10 Å². The summed E-state index contributed by atoms with van der Waals surface area (Å²) in [6, 6.07) is 6.82. The molecule has 0 atom stereocenters. The molecule has 100 valence electrons. The van der Waals surface area contributed by atoms with Gasteiger partial charge in [0.15, 0.2) is 5.69 Å². The Labute approximate surface area is 120 Å². The number of carbonyl (C=O) groups excluding carboxylic acids is 1. The molecule has 1 heterocycles. The molecule has 0 fully saturated rings. The van der Waals surface area contributed by atoms with Crippen LogP contribution in [0, 0.1) is 6.92 Å². The van der Waals surface area contributed by atoms with E-state index in [0.717, 1.165) is 5.69 Å². The maximum absolute atomic E-state index is 11.6. The normalized spacial score (nSPS) is 10.5. The molecule has 0 saturated heterocycles. The van der Waals surface area contributed by atoms with E-state index in [1.54, 1.807) is 31.2 Å². The van der Waals surface area contributed by atoms with Crippen LogP contribution in [-0.4, -0.2) is 22.4 Å². The van der Waals surface area contributed by atoms with Crippen molar-refractivity contribution in [3.63, 3.8) is 0 Å². The van der Waals surface area contributed by atoms with E-state index in [4.69, 9.17) is 27.9 Å². The number of nitrogens with zero attached hydrogens (tertiary/aromatic N) is 2. The molecule has 19 heavy (non-hydrogen) atoms. The topological polar surface area (TPSA) is 44.1 Å². The summed E-state index contributed by atoms with van der Waals surface area (Å²) in [6.45, 7) is 3.86. The van der Waals surface area contributed by atoms with E-state index in [9.17, 15) is 4.79 Å². The highest BCUT2D eigenvalue weighted by atomic mass is 35.5. The van der Waals surface area contributed by atoms with Gasteiger partial charge in [-0.3, -0.25) is 0 Å². The largest absolute Gasteiger partial charge is 0.461 e. The summed E-state index contributed by atoms with van der Waals surface area (Å²) >= 11 is 12.2. The Morgan fingerprint density at radius 1 is 1.37 bits per heavy atom. The van der Waals surface area contributed by atoms with E-state index in [1.165, 1.54) is 4.68 Å². The molecule has 0 amide bonds. The van der Waals surface area contributed by atoms with Crippen LogP contribution in [0.2, 0.25) is 10.0 Å². The van der Waals surface area contributed by atoms with Gasteiger partial charge in [0.05, 0.1) is 16.7 Å². The molecular weight excluding hydrogens is 287 g/mol. The Morgan fingerprint density at radius 2 is 2.00 bits per heavy atom. The predicted molar refractivity (Wildman–Crippen MR) is 74.3 cm³/mol. The number of rotatable bonds is 3. The number of aromatic nitrogens is 2. The van der Waals surface area contributed by atoms with Crippen LogP contribution in [0.5, 0.6) is 0 Å². The van der Waals surface area contributed by atoms with Crippen LogP contribution < -0.4 is 0 Å². The maximum atomic E-state index is 11.6. The zero-order chi connectivity index (χ0) is 14.0.